The molecule has 28 heavy (non-hydrogen) atoms. The molecule has 3 aromatic rings. The zero-order valence-electron chi connectivity index (χ0n) is 16.0. The predicted octanol–water partition coefficient (Wildman–Crippen LogP) is 1.92. The fourth-order valence-corrected chi connectivity index (χ4v) is 4.31. The second-order valence-electron chi connectivity index (χ2n) is 6.83. The van der Waals surface area contributed by atoms with Gasteiger partial charge in [-0.15, -0.1) is 0 Å². The average Bonchev–Trinajstić information content (AvgIpc) is 3.40. The van der Waals surface area contributed by atoms with Gasteiger partial charge in [-0.2, -0.15) is 10.1 Å². The molecule has 1 atom stereocenters. The van der Waals surface area contributed by atoms with E-state index in [1.807, 2.05) is 37.4 Å². The molecule has 0 spiro atoms. The second-order valence-corrected chi connectivity index (χ2v) is 7.83. The second kappa shape index (κ2) is 8.02. The van der Waals surface area contributed by atoms with Crippen LogP contribution in [0.15, 0.2) is 41.9 Å². The Balaban J connectivity index is 1.56. The molecule has 0 bridgehead atoms. The van der Waals surface area contributed by atoms with Crippen LogP contribution in [0.5, 0.6) is 0 Å². The molecule has 3 heterocycles. The van der Waals surface area contributed by atoms with Crippen molar-refractivity contribution in [1.82, 2.24) is 15.0 Å². The van der Waals surface area contributed by atoms with E-state index in [1.165, 1.54) is 16.3 Å². The summed E-state index contributed by atoms with van der Waals surface area (Å²) in [5.41, 5.74) is 3.79. The summed E-state index contributed by atoms with van der Waals surface area (Å²) in [6, 6.07) is 7.90. The highest BCUT2D eigenvalue weighted by Gasteiger charge is 2.41. The molecular weight excluding hydrogens is 372 g/mol. The number of aromatic amines is 1. The molecule has 0 aliphatic carbocycles. The van der Waals surface area contributed by atoms with Crippen LogP contribution < -0.4 is 10.0 Å². The number of anilines is 1. The molecule has 1 amide bonds. The van der Waals surface area contributed by atoms with Gasteiger partial charge >= 0.3 is 0 Å². The van der Waals surface area contributed by atoms with Crippen LogP contribution in [0.3, 0.4) is 0 Å². The van der Waals surface area contributed by atoms with Gasteiger partial charge in [-0.05, 0) is 18.6 Å². The van der Waals surface area contributed by atoms with Crippen LogP contribution >= 0.6 is 11.3 Å². The van der Waals surface area contributed by atoms with Crippen LogP contribution in [-0.4, -0.2) is 38.8 Å². The third-order valence-electron chi connectivity index (χ3n) is 4.77. The molecule has 7 nitrogen and oxygen atoms in total. The summed E-state index contributed by atoms with van der Waals surface area (Å²) in [5, 5.41) is 6.77. The number of H-pyrrole nitrogens is 1. The zero-order chi connectivity index (χ0) is 19.5. The highest BCUT2D eigenvalue weighted by atomic mass is 32.1. The number of hydrogen-bond acceptors (Lipinski definition) is 5. The summed E-state index contributed by atoms with van der Waals surface area (Å²) in [6.07, 6.45) is 6.04. The molecule has 1 aromatic carbocycles. The third kappa shape index (κ3) is 3.60. The smallest absolute Gasteiger partial charge is 0.268 e. The van der Waals surface area contributed by atoms with Crippen LogP contribution in [0.1, 0.15) is 32.4 Å². The van der Waals surface area contributed by atoms with Gasteiger partial charge in [-0.25, -0.2) is 15.0 Å². The van der Waals surface area contributed by atoms with Crippen molar-refractivity contribution in [2.45, 2.75) is 33.1 Å². The lowest BCUT2D eigenvalue weighted by molar-refractivity contribution is -0.458. The normalized spacial score (nSPS) is 17.6. The van der Waals surface area contributed by atoms with Crippen LogP contribution in [0.4, 0.5) is 5.13 Å². The van der Waals surface area contributed by atoms with E-state index in [0.29, 0.717) is 5.13 Å². The van der Waals surface area contributed by atoms with E-state index < -0.39 is 0 Å². The monoisotopic (exact) mass is 395 g/mol. The van der Waals surface area contributed by atoms with E-state index in [1.54, 1.807) is 6.33 Å². The van der Waals surface area contributed by atoms with E-state index in [-0.39, 0.29) is 11.8 Å². The fraction of sp³-hybridized carbons (Fsp3) is 0.350. The van der Waals surface area contributed by atoms with Gasteiger partial charge in [0.25, 0.3) is 5.91 Å². The van der Waals surface area contributed by atoms with Crippen molar-refractivity contribution in [2.24, 2.45) is 11.0 Å². The van der Waals surface area contributed by atoms with Crippen LogP contribution in [0, 0.1) is 5.92 Å². The standard InChI is InChI=1S/C20H22N6OS/c1-3-6-16-18(13(2)22-10-9-14-11-21-12-23-14)19(27)26(25-16)20-24-15-7-4-5-8-17(15)28-20/h4-5,7-8,11-12,18H,3,6,9-10H2,1-2H3,(H,21,23)/p+1. The number of thiazole rings is 1. The fourth-order valence-electron chi connectivity index (χ4n) is 3.39. The van der Waals surface area contributed by atoms with Crippen molar-refractivity contribution >= 4 is 44.0 Å². The Morgan fingerprint density at radius 1 is 1.32 bits per heavy atom. The van der Waals surface area contributed by atoms with E-state index >= 15 is 0 Å². The van der Waals surface area contributed by atoms with Crippen LogP contribution in [0.25, 0.3) is 10.2 Å². The Bertz CT molecular complexity index is 1000. The number of carbonyl (C=O) groups is 1. The summed E-state index contributed by atoms with van der Waals surface area (Å²) in [7, 11) is 0. The van der Waals surface area contributed by atoms with Crippen molar-refractivity contribution in [3.63, 3.8) is 0 Å². The van der Waals surface area contributed by atoms with E-state index in [0.717, 1.165) is 53.1 Å². The molecule has 1 unspecified atom stereocenters. The maximum absolute atomic E-state index is 13.2. The molecular formula is C20H23N6OS+. The number of rotatable bonds is 7. The molecule has 0 saturated carbocycles. The first-order valence-corrected chi connectivity index (χ1v) is 10.3. The molecule has 1 aliphatic heterocycles. The van der Waals surface area contributed by atoms with Crippen molar-refractivity contribution in [2.75, 3.05) is 11.6 Å². The van der Waals surface area contributed by atoms with Gasteiger partial charge in [-0.1, -0.05) is 36.8 Å². The van der Waals surface area contributed by atoms with E-state index in [4.69, 9.17) is 0 Å². The number of hydrogen-bond donors (Lipinski definition) is 2. The minimum absolute atomic E-state index is 0.0333. The van der Waals surface area contributed by atoms with Gasteiger partial charge in [0.15, 0.2) is 11.6 Å². The largest absolute Gasteiger partial charge is 0.348 e. The molecule has 0 radical (unpaired) electrons. The quantitative estimate of drug-likeness (QED) is 0.599. The number of amides is 1. The number of fused-ring (bicyclic) bond motifs is 1. The number of para-hydroxylation sites is 1. The summed E-state index contributed by atoms with van der Waals surface area (Å²) in [5.74, 6) is -0.372. The zero-order valence-corrected chi connectivity index (χ0v) is 16.8. The first kappa shape index (κ1) is 18.5. The third-order valence-corrected chi connectivity index (χ3v) is 5.79. The summed E-state index contributed by atoms with van der Waals surface area (Å²) < 4.78 is 1.05. The maximum atomic E-state index is 13.2. The lowest BCUT2D eigenvalue weighted by Crippen LogP contribution is -2.75. The molecule has 2 aromatic heterocycles. The first-order chi connectivity index (χ1) is 13.7. The first-order valence-electron chi connectivity index (χ1n) is 9.49. The Labute approximate surface area is 167 Å². The number of benzene rings is 1. The van der Waals surface area contributed by atoms with Gasteiger partial charge in [0, 0.05) is 25.2 Å². The highest BCUT2D eigenvalue weighted by Crippen LogP contribution is 2.32. The Kier molecular flexibility index (Phi) is 5.29. The molecule has 1 aliphatic rings. The maximum Gasteiger partial charge on any atom is 0.268 e. The van der Waals surface area contributed by atoms with Gasteiger partial charge in [0.05, 0.1) is 22.3 Å². The van der Waals surface area contributed by atoms with Gasteiger partial charge in [0.1, 0.15) is 6.54 Å². The number of hydrazone groups is 1. The van der Waals surface area contributed by atoms with Gasteiger partial charge in [0.2, 0.25) is 5.13 Å². The van der Waals surface area contributed by atoms with Gasteiger partial charge in [-0.3, -0.25) is 4.79 Å². The number of carbonyl (C=O) groups excluding carboxylic acids is 1. The predicted molar refractivity (Wildman–Crippen MR) is 112 cm³/mol. The molecule has 4 rings (SSSR count). The summed E-state index contributed by atoms with van der Waals surface area (Å²) >= 11 is 1.49. The van der Waals surface area contributed by atoms with Gasteiger partial charge < -0.3 is 4.98 Å². The summed E-state index contributed by atoms with van der Waals surface area (Å²) in [4.78, 5) is 28.3. The Morgan fingerprint density at radius 2 is 2.18 bits per heavy atom. The molecule has 144 valence electrons. The number of nitrogens with zero attached hydrogens (tertiary/aromatic N) is 4. The van der Waals surface area contributed by atoms with Crippen LogP contribution in [0.2, 0.25) is 0 Å². The Morgan fingerprint density at radius 3 is 2.93 bits per heavy atom. The minimum atomic E-state index is -0.339. The lowest BCUT2D eigenvalue weighted by Gasteiger charge is -2.09. The van der Waals surface area contributed by atoms with E-state index in [9.17, 15) is 4.79 Å². The molecule has 0 saturated heterocycles. The van der Waals surface area contributed by atoms with Crippen LogP contribution in [-0.2, 0) is 11.2 Å². The van der Waals surface area contributed by atoms with Crippen molar-refractivity contribution in [1.29, 1.82) is 0 Å². The molecule has 0 fully saturated rings. The number of nitrogens with one attached hydrogen (secondary N) is 2. The average molecular weight is 396 g/mol. The summed E-state index contributed by atoms with van der Waals surface area (Å²) in [6.45, 7) is 4.81. The molecule has 8 heteroatoms. The lowest BCUT2D eigenvalue weighted by atomic mass is 9.95. The number of imidazole rings is 1. The molecule has 2 N–H and O–H groups in total. The van der Waals surface area contributed by atoms with Crippen molar-refractivity contribution < 1.29 is 9.79 Å². The Hall–Kier alpha value is -2.87. The van der Waals surface area contributed by atoms with Crippen molar-refractivity contribution in [3.8, 4) is 0 Å². The highest BCUT2D eigenvalue weighted by molar-refractivity contribution is 7.22. The number of aromatic nitrogens is 3. The SMILES string of the molecule is CCCC1=NN(c2nc3ccccc3s2)C(=O)C1C(C)=[NH+]CCc1cnc[nH]1. The topological polar surface area (TPSA) is 88.2 Å². The van der Waals surface area contributed by atoms with Crippen molar-refractivity contribution in [3.05, 3.63) is 42.5 Å². The van der Waals surface area contributed by atoms with E-state index in [2.05, 4.69) is 32.0 Å². The minimum Gasteiger partial charge on any atom is -0.348 e.